The molecule has 0 saturated carbocycles. The van der Waals surface area contributed by atoms with Crippen molar-refractivity contribution >= 4 is 15.7 Å². The van der Waals surface area contributed by atoms with E-state index < -0.39 is 10.0 Å². The minimum Gasteiger partial charge on any atom is -0.399 e. The van der Waals surface area contributed by atoms with E-state index in [9.17, 15) is 8.42 Å². The van der Waals surface area contributed by atoms with Crippen LogP contribution >= 0.6 is 0 Å². The Morgan fingerprint density at radius 3 is 2.59 bits per heavy atom. The predicted molar refractivity (Wildman–Crippen MR) is 82.6 cm³/mol. The van der Waals surface area contributed by atoms with Gasteiger partial charge in [0, 0.05) is 31.7 Å². The quantitative estimate of drug-likeness (QED) is 0.850. The maximum atomic E-state index is 12.6. The van der Waals surface area contributed by atoms with Crippen LogP contribution in [0, 0.1) is 0 Å². The minimum atomic E-state index is -3.48. The lowest BCUT2D eigenvalue weighted by molar-refractivity contribution is 0.310. The molecule has 22 heavy (non-hydrogen) atoms. The fraction of sp³-hybridized carbons (Fsp3) is 0.429. The Hall–Kier alpha value is -1.93. The molecule has 1 aliphatic heterocycles. The molecule has 8 heteroatoms. The van der Waals surface area contributed by atoms with Gasteiger partial charge in [0.1, 0.15) is 12.2 Å². The molecular weight excluding hydrogens is 302 g/mol. The van der Waals surface area contributed by atoms with Crippen LogP contribution in [-0.2, 0) is 17.1 Å². The lowest BCUT2D eigenvalue weighted by Crippen LogP contribution is -2.38. The van der Waals surface area contributed by atoms with Crippen LogP contribution in [0.25, 0.3) is 0 Å². The summed E-state index contributed by atoms with van der Waals surface area (Å²) in [5, 5.41) is 8.01. The number of nitrogens with zero attached hydrogens (tertiary/aromatic N) is 4. The van der Waals surface area contributed by atoms with Crippen molar-refractivity contribution in [2.24, 2.45) is 7.05 Å². The number of sulfonamides is 1. The summed E-state index contributed by atoms with van der Waals surface area (Å²) < 4.78 is 28.7. The molecule has 1 aromatic carbocycles. The van der Waals surface area contributed by atoms with Gasteiger partial charge in [-0.25, -0.2) is 8.42 Å². The number of anilines is 1. The molecule has 7 nitrogen and oxygen atoms in total. The average molecular weight is 321 g/mol. The second-order valence-corrected chi connectivity index (χ2v) is 7.49. The summed E-state index contributed by atoms with van der Waals surface area (Å²) in [6, 6.07) is 6.43. The van der Waals surface area contributed by atoms with Crippen molar-refractivity contribution in [1.82, 2.24) is 19.1 Å². The number of aryl methyl sites for hydroxylation is 1. The van der Waals surface area contributed by atoms with E-state index in [1.54, 1.807) is 24.5 Å². The van der Waals surface area contributed by atoms with Gasteiger partial charge in [0.05, 0.1) is 4.90 Å². The van der Waals surface area contributed by atoms with Gasteiger partial charge < -0.3 is 10.3 Å². The largest absolute Gasteiger partial charge is 0.399 e. The molecule has 3 rings (SSSR count). The summed E-state index contributed by atoms with van der Waals surface area (Å²) >= 11 is 0. The first-order valence-corrected chi connectivity index (χ1v) is 8.62. The van der Waals surface area contributed by atoms with Crippen molar-refractivity contribution in [1.29, 1.82) is 0 Å². The molecule has 1 aliphatic rings. The zero-order valence-corrected chi connectivity index (χ0v) is 13.2. The van der Waals surface area contributed by atoms with Crippen LogP contribution in [0.1, 0.15) is 24.6 Å². The van der Waals surface area contributed by atoms with Gasteiger partial charge in [-0.05, 0) is 31.0 Å². The SMILES string of the molecule is Cn1cnnc1C1CCN(S(=O)(=O)c2cccc(N)c2)CC1. The Labute approximate surface area is 129 Å². The van der Waals surface area contributed by atoms with Gasteiger partial charge in [-0.1, -0.05) is 6.07 Å². The molecule has 0 radical (unpaired) electrons. The molecule has 2 N–H and O–H groups in total. The van der Waals surface area contributed by atoms with E-state index in [2.05, 4.69) is 10.2 Å². The number of benzene rings is 1. The third-order valence-electron chi connectivity index (χ3n) is 4.06. The molecule has 1 aromatic heterocycles. The average Bonchev–Trinajstić information content (AvgIpc) is 2.93. The Kier molecular flexibility index (Phi) is 3.88. The van der Waals surface area contributed by atoms with E-state index in [1.807, 2.05) is 11.6 Å². The molecule has 2 heterocycles. The zero-order chi connectivity index (χ0) is 15.7. The number of nitrogen functional groups attached to an aromatic ring is 1. The van der Waals surface area contributed by atoms with E-state index in [0.29, 0.717) is 18.8 Å². The van der Waals surface area contributed by atoms with Crippen LogP contribution in [0.15, 0.2) is 35.5 Å². The van der Waals surface area contributed by atoms with Crippen LogP contribution in [0.3, 0.4) is 0 Å². The third-order valence-corrected chi connectivity index (χ3v) is 5.96. The smallest absolute Gasteiger partial charge is 0.243 e. The summed E-state index contributed by atoms with van der Waals surface area (Å²) in [5.41, 5.74) is 6.14. The molecule has 0 atom stereocenters. The summed E-state index contributed by atoms with van der Waals surface area (Å²) in [5.74, 6) is 1.17. The van der Waals surface area contributed by atoms with Crippen LogP contribution in [0.2, 0.25) is 0 Å². The van der Waals surface area contributed by atoms with Crippen molar-refractivity contribution in [3.8, 4) is 0 Å². The monoisotopic (exact) mass is 321 g/mol. The van der Waals surface area contributed by atoms with Crippen LogP contribution < -0.4 is 5.73 Å². The lowest BCUT2D eigenvalue weighted by atomic mass is 9.97. The van der Waals surface area contributed by atoms with Gasteiger partial charge in [0.2, 0.25) is 10.0 Å². The van der Waals surface area contributed by atoms with Gasteiger partial charge in [-0.2, -0.15) is 4.31 Å². The topological polar surface area (TPSA) is 94.1 Å². The molecule has 0 amide bonds. The first-order valence-electron chi connectivity index (χ1n) is 7.18. The second-order valence-electron chi connectivity index (χ2n) is 5.55. The first kappa shape index (κ1) is 15.0. The molecule has 1 saturated heterocycles. The normalized spacial score (nSPS) is 17.7. The highest BCUT2D eigenvalue weighted by Crippen LogP contribution is 2.29. The van der Waals surface area contributed by atoms with Gasteiger partial charge in [-0.3, -0.25) is 0 Å². The van der Waals surface area contributed by atoms with Crippen LogP contribution in [0.4, 0.5) is 5.69 Å². The van der Waals surface area contributed by atoms with Gasteiger partial charge in [0.15, 0.2) is 0 Å². The molecule has 0 aliphatic carbocycles. The van der Waals surface area contributed by atoms with Gasteiger partial charge >= 0.3 is 0 Å². The van der Waals surface area contributed by atoms with Crippen molar-refractivity contribution in [2.75, 3.05) is 18.8 Å². The second kappa shape index (κ2) is 5.69. The summed E-state index contributed by atoms with van der Waals surface area (Å²) in [4.78, 5) is 0.254. The highest BCUT2D eigenvalue weighted by molar-refractivity contribution is 7.89. The van der Waals surface area contributed by atoms with E-state index in [1.165, 1.54) is 10.4 Å². The van der Waals surface area contributed by atoms with Crippen LogP contribution in [-0.4, -0.2) is 40.6 Å². The lowest BCUT2D eigenvalue weighted by Gasteiger charge is -2.30. The Balaban J connectivity index is 1.75. The summed E-state index contributed by atoms with van der Waals surface area (Å²) in [7, 11) is -1.57. The number of piperidine rings is 1. The molecular formula is C14H19N5O2S. The number of aromatic nitrogens is 3. The Morgan fingerprint density at radius 1 is 1.27 bits per heavy atom. The maximum Gasteiger partial charge on any atom is 0.243 e. The summed E-state index contributed by atoms with van der Waals surface area (Å²) in [6.45, 7) is 0.962. The highest BCUT2D eigenvalue weighted by Gasteiger charge is 2.31. The van der Waals surface area contributed by atoms with Crippen molar-refractivity contribution < 1.29 is 8.42 Å². The maximum absolute atomic E-state index is 12.6. The van der Waals surface area contributed by atoms with E-state index >= 15 is 0 Å². The van der Waals surface area contributed by atoms with Crippen molar-refractivity contribution in [3.63, 3.8) is 0 Å². The van der Waals surface area contributed by atoms with E-state index in [4.69, 9.17) is 5.73 Å². The number of hydrogen-bond acceptors (Lipinski definition) is 5. The van der Waals surface area contributed by atoms with Crippen molar-refractivity contribution in [3.05, 3.63) is 36.4 Å². The van der Waals surface area contributed by atoms with Gasteiger partial charge in [0.25, 0.3) is 0 Å². The summed E-state index contributed by atoms with van der Waals surface area (Å²) in [6.07, 6.45) is 3.16. The fourth-order valence-corrected chi connectivity index (χ4v) is 4.37. The number of nitrogens with two attached hydrogens (primary N) is 1. The fourth-order valence-electron chi connectivity index (χ4n) is 2.84. The Morgan fingerprint density at radius 2 is 2.00 bits per heavy atom. The van der Waals surface area contributed by atoms with Gasteiger partial charge in [-0.15, -0.1) is 10.2 Å². The highest BCUT2D eigenvalue weighted by atomic mass is 32.2. The van der Waals surface area contributed by atoms with Crippen LogP contribution in [0.5, 0.6) is 0 Å². The number of hydrogen-bond donors (Lipinski definition) is 1. The van der Waals surface area contributed by atoms with E-state index in [-0.39, 0.29) is 10.8 Å². The first-order chi connectivity index (χ1) is 10.5. The minimum absolute atomic E-state index is 0.250. The predicted octanol–water partition coefficient (Wildman–Crippen LogP) is 0.966. The molecule has 0 spiro atoms. The number of rotatable bonds is 3. The molecule has 118 valence electrons. The molecule has 0 bridgehead atoms. The van der Waals surface area contributed by atoms with E-state index in [0.717, 1.165) is 18.7 Å². The molecule has 1 fully saturated rings. The third kappa shape index (κ3) is 2.71. The van der Waals surface area contributed by atoms with Crippen molar-refractivity contribution in [2.45, 2.75) is 23.7 Å². The molecule has 0 unspecified atom stereocenters. The zero-order valence-electron chi connectivity index (χ0n) is 12.4. The molecule has 2 aromatic rings. The Bertz CT molecular complexity index is 763. The standard InChI is InChI=1S/C14H19N5O2S/c1-18-10-16-17-14(18)11-5-7-19(8-6-11)22(20,21)13-4-2-3-12(15)9-13/h2-4,9-11H,5-8,15H2,1H3.